The lowest BCUT2D eigenvalue weighted by molar-refractivity contribution is -0.136. The Morgan fingerprint density at radius 1 is 1.25 bits per heavy atom. The molecule has 3 amide bonds. The van der Waals surface area contributed by atoms with E-state index in [9.17, 15) is 14.4 Å². The van der Waals surface area contributed by atoms with E-state index in [4.69, 9.17) is 0 Å². The number of fused-ring (bicyclic) bond motifs is 1. The minimum Gasteiger partial charge on any atom is -0.322 e. The summed E-state index contributed by atoms with van der Waals surface area (Å²) in [7, 11) is 2.05. The Hall–Kier alpha value is -2.25. The van der Waals surface area contributed by atoms with Crippen LogP contribution in [0, 0.1) is 5.41 Å². The summed E-state index contributed by atoms with van der Waals surface area (Å²) in [6, 6.07) is 6.13. The smallest absolute Gasteiger partial charge is 0.255 e. The molecule has 1 saturated carbocycles. The second-order valence-corrected chi connectivity index (χ2v) is 8.76. The summed E-state index contributed by atoms with van der Waals surface area (Å²) < 4.78 is 0. The van der Waals surface area contributed by atoms with Crippen LogP contribution in [0.2, 0.25) is 0 Å². The summed E-state index contributed by atoms with van der Waals surface area (Å²) in [6.07, 6.45) is 3.29. The van der Waals surface area contributed by atoms with Gasteiger partial charge < -0.3 is 10.2 Å². The highest BCUT2D eigenvalue weighted by Crippen LogP contribution is 2.52. The average molecular weight is 382 g/mol. The van der Waals surface area contributed by atoms with Gasteiger partial charge in [0.2, 0.25) is 11.8 Å². The molecule has 0 radical (unpaired) electrons. The molecule has 3 fully saturated rings. The monoisotopic (exact) mass is 382 g/mol. The number of benzene rings is 1. The maximum atomic E-state index is 13.0. The van der Waals surface area contributed by atoms with Gasteiger partial charge in [-0.25, -0.2) is 0 Å². The summed E-state index contributed by atoms with van der Waals surface area (Å²) in [6.45, 7) is 3.45. The maximum absolute atomic E-state index is 13.0. The van der Waals surface area contributed by atoms with Crippen LogP contribution in [-0.2, 0) is 22.7 Å². The van der Waals surface area contributed by atoms with Crippen molar-refractivity contribution in [3.8, 4) is 0 Å². The largest absolute Gasteiger partial charge is 0.322 e. The van der Waals surface area contributed by atoms with Gasteiger partial charge in [-0.15, -0.1) is 0 Å². The van der Waals surface area contributed by atoms with Gasteiger partial charge in [0, 0.05) is 44.2 Å². The fourth-order valence-corrected chi connectivity index (χ4v) is 5.22. The van der Waals surface area contributed by atoms with E-state index in [1.807, 2.05) is 19.2 Å². The molecular weight excluding hydrogens is 356 g/mol. The molecule has 2 N–H and O–H groups in total. The Bertz CT molecular complexity index is 863. The average Bonchev–Trinajstić information content (AvgIpc) is 3.25. The predicted octanol–water partition coefficient (Wildman–Crippen LogP) is 0.631. The molecule has 7 nitrogen and oxygen atoms in total. The van der Waals surface area contributed by atoms with E-state index in [1.165, 1.54) is 12.8 Å². The van der Waals surface area contributed by atoms with Crippen LogP contribution in [0.25, 0.3) is 0 Å². The quantitative estimate of drug-likeness (QED) is 0.747. The van der Waals surface area contributed by atoms with Gasteiger partial charge in [-0.3, -0.25) is 24.6 Å². The predicted molar refractivity (Wildman–Crippen MR) is 102 cm³/mol. The number of rotatable bonds is 4. The van der Waals surface area contributed by atoms with Gasteiger partial charge in [0.25, 0.3) is 5.91 Å². The van der Waals surface area contributed by atoms with E-state index in [-0.39, 0.29) is 24.1 Å². The van der Waals surface area contributed by atoms with E-state index in [2.05, 4.69) is 21.6 Å². The Kier molecular flexibility index (Phi) is 4.07. The summed E-state index contributed by atoms with van der Waals surface area (Å²) in [5.74, 6) is -0.714. The van der Waals surface area contributed by atoms with E-state index in [0.717, 1.165) is 30.8 Å². The molecule has 2 saturated heterocycles. The maximum Gasteiger partial charge on any atom is 0.255 e. The van der Waals surface area contributed by atoms with Gasteiger partial charge in [-0.05, 0) is 48.9 Å². The topological polar surface area (TPSA) is 81.8 Å². The molecule has 148 valence electrons. The van der Waals surface area contributed by atoms with Crippen molar-refractivity contribution in [2.75, 3.05) is 20.1 Å². The number of piperidine rings is 1. The number of nitrogens with zero attached hydrogens (tertiary/aromatic N) is 2. The minimum absolute atomic E-state index is 0.0977. The molecule has 0 aromatic heterocycles. The molecule has 2 unspecified atom stereocenters. The van der Waals surface area contributed by atoms with Crippen LogP contribution >= 0.6 is 0 Å². The molecule has 0 bridgehead atoms. The van der Waals surface area contributed by atoms with Gasteiger partial charge in [0.05, 0.1) is 0 Å². The van der Waals surface area contributed by atoms with Crippen LogP contribution in [0.1, 0.15) is 47.2 Å². The first kappa shape index (κ1) is 17.8. The van der Waals surface area contributed by atoms with Crippen molar-refractivity contribution in [2.45, 2.75) is 50.9 Å². The Morgan fingerprint density at radius 3 is 2.75 bits per heavy atom. The van der Waals surface area contributed by atoms with Crippen molar-refractivity contribution in [3.63, 3.8) is 0 Å². The van der Waals surface area contributed by atoms with Crippen LogP contribution in [0.15, 0.2) is 18.2 Å². The molecule has 3 aliphatic heterocycles. The Balaban J connectivity index is 1.30. The van der Waals surface area contributed by atoms with Crippen molar-refractivity contribution < 1.29 is 14.4 Å². The number of likely N-dealkylation sites (N-methyl/N-ethyl adjacent to an activating group) is 1. The second kappa shape index (κ2) is 6.39. The lowest BCUT2D eigenvalue weighted by Crippen LogP contribution is -2.52. The molecule has 1 aliphatic carbocycles. The van der Waals surface area contributed by atoms with Crippen molar-refractivity contribution in [1.29, 1.82) is 0 Å². The molecule has 5 rings (SSSR count). The Morgan fingerprint density at radius 2 is 2.07 bits per heavy atom. The standard InChI is InChI=1S/C21H26N4O3/c1-22-17-11-24(12-21(17)6-7-21)9-13-2-3-14-10-25(20(28)15(14)8-13)16-4-5-18(26)23-19(16)27/h2-3,8,16-17,22H,4-7,9-12H2,1H3,(H,23,26,27). The number of carbonyl (C=O) groups excluding carboxylic acids is 3. The number of imide groups is 1. The molecule has 1 aromatic rings. The third-order valence-electron chi connectivity index (χ3n) is 6.96. The molecule has 28 heavy (non-hydrogen) atoms. The summed E-state index contributed by atoms with van der Waals surface area (Å²) >= 11 is 0. The highest BCUT2D eigenvalue weighted by atomic mass is 16.2. The third kappa shape index (κ3) is 2.84. The van der Waals surface area contributed by atoms with E-state index in [0.29, 0.717) is 30.0 Å². The summed E-state index contributed by atoms with van der Waals surface area (Å²) in [4.78, 5) is 40.6. The highest BCUT2D eigenvalue weighted by Gasteiger charge is 2.54. The summed E-state index contributed by atoms with van der Waals surface area (Å²) in [5.41, 5.74) is 3.27. The molecule has 1 spiro atoms. The van der Waals surface area contributed by atoms with Crippen LogP contribution in [0.5, 0.6) is 0 Å². The van der Waals surface area contributed by atoms with Crippen molar-refractivity contribution in [3.05, 3.63) is 34.9 Å². The Labute approximate surface area is 164 Å². The molecule has 2 atom stereocenters. The van der Waals surface area contributed by atoms with Gasteiger partial charge in [0.15, 0.2) is 0 Å². The van der Waals surface area contributed by atoms with Gasteiger partial charge >= 0.3 is 0 Å². The highest BCUT2D eigenvalue weighted by molar-refractivity contribution is 6.05. The number of amides is 3. The first-order valence-electron chi connectivity index (χ1n) is 10.2. The molecule has 3 heterocycles. The summed E-state index contributed by atoms with van der Waals surface area (Å²) in [5, 5.41) is 5.82. The van der Waals surface area contributed by atoms with E-state index >= 15 is 0 Å². The lowest BCUT2D eigenvalue weighted by atomic mass is 10.0. The zero-order valence-electron chi connectivity index (χ0n) is 16.2. The zero-order valence-corrected chi connectivity index (χ0v) is 16.2. The first-order chi connectivity index (χ1) is 13.5. The lowest BCUT2D eigenvalue weighted by Gasteiger charge is -2.29. The second-order valence-electron chi connectivity index (χ2n) is 8.76. The third-order valence-corrected chi connectivity index (χ3v) is 6.96. The minimum atomic E-state index is -0.550. The van der Waals surface area contributed by atoms with Gasteiger partial charge in [0.1, 0.15) is 6.04 Å². The number of hydrogen-bond donors (Lipinski definition) is 2. The molecule has 7 heteroatoms. The van der Waals surface area contributed by atoms with Crippen LogP contribution in [0.4, 0.5) is 0 Å². The fraction of sp³-hybridized carbons (Fsp3) is 0.571. The van der Waals surface area contributed by atoms with Gasteiger partial charge in [-0.1, -0.05) is 12.1 Å². The van der Waals surface area contributed by atoms with Crippen LogP contribution < -0.4 is 10.6 Å². The number of hydrogen-bond acceptors (Lipinski definition) is 5. The van der Waals surface area contributed by atoms with Crippen molar-refractivity contribution in [2.24, 2.45) is 5.41 Å². The molecule has 4 aliphatic rings. The SMILES string of the molecule is CNC1CN(Cc2ccc3c(c2)C(=O)N(C2CCC(=O)NC2=O)C3)CC12CC2. The number of carbonyl (C=O) groups is 3. The normalized spacial score (nSPS) is 28.8. The van der Waals surface area contributed by atoms with Crippen molar-refractivity contribution in [1.82, 2.24) is 20.4 Å². The fourth-order valence-electron chi connectivity index (χ4n) is 5.22. The van der Waals surface area contributed by atoms with Gasteiger partial charge in [-0.2, -0.15) is 0 Å². The number of likely N-dealkylation sites (tertiary alicyclic amines) is 1. The molecular formula is C21H26N4O3. The molecule has 1 aromatic carbocycles. The van der Waals surface area contributed by atoms with E-state index < -0.39 is 6.04 Å². The van der Waals surface area contributed by atoms with Crippen LogP contribution in [-0.4, -0.2) is 59.7 Å². The number of nitrogens with one attached hydrogen (secondary N) is 2. The first-order valence-corrected chi connectivity index (χ1v) is 10.2. The van der Waals surface area contributed by atoms with E-state index in [1.54, 1.807) is 4.90 Å². The van der Waals surface area contributed by atoms with Crippen molar-refractivity contribution >= 4 is 17.7 Å². The van der Waals surface area contributed by atoms with Crippen LogP contribution in [0.3, 0.4) is 0 Å². The zero-order chi connectivity index (χ0) is 19.5.